The highest BCUT2D eigenvalue weighted by atomic mass is 35.5. The van der Waals surface area contributed by atoms with Crippen LogP contribution < -0.4 is 0 Å². The molecule has 0 spiro atoms. The summed E-state index contributed by atoms with van der Waals surface area (Å²) in [5, 5.41) is 1.14. The molecule has 2 aromatic rings. The summed E-state index contributed by atoms with van der Waals surface area (Å²) in [6.07, 6.45) is 8.51. The molecule has 128 valence electrons. The van der Waals surface area contributed by atoms with Gasteiger partial charge >= 0.3 is 0 Å². The lowest BCUT2D eigenvalue weighted by Gasteiger charge is -2.31. The lowest BCUT2D eigenvalue weighted by atomic mass is 9.99. The summed E-state index contributed by atoms with van der Waals surface area (Å²) in [7, 11) is 0. The Labute approximate surface area is 147 Å². The summed E-state index contributed by atoms with van der Waals surface area (Å²) >= 11 is 6.02. The number of hydrogen-bond acceptors (Lipinski definition) is 3. The minimum atomic E-state index is 0.128. The third-order valence-electron chi connectivity index (χ3n) is 5.53. The number of piperidine rings is 1. The predicted octanol–water partition coefficient (Wildman–Crippen LogP) is 4.07. The summed E-state index contributed by atoms with van der Waals surface area (Å²) in [6.45, 7) is 3.95. The number of carbonyl (C=O) groups excluding carboxylic acids is 1. The molecule has 0 bridgehead atoms. The quantitative estimate of drug-likeness (QED) is 0.770. The van der Waals surface area contributed by atoms with E-state index >= 15 is 0 Å². The Hall–Kier alpha value is -1.62. The zero-order valence-corrected chi connectivity index (χ0v) is 14.8. The highest BCUT2D eigenvalue weighted by molar-refractivity contribution is 6.28. The van der Waals surface area contributed by atoms with Gasteiger partial charge < -0.3 is 9.47 Å². The molecule has 2 aliphatic rings. The smallest absolute Gasteiger partial charge is 0.270 e. The van der Waals surface area contributed by atoms with Gasteiger partial charge in [0, 0.05) is 30.7 Å². The Balaban J connectivity index is 1.76. The predicted molar refractivity (Wildman–Crippen MR) is 94.3 cm³/mol. The fourth-order valence-electron chi connectivity index (χ4n) is 4.06. The first-order valence-electron chi connectivity index (χ1n) is 8.96. The second kappa shape index (κ2) is 6.36. The van der Waals surface area contributed by atoms with Crippen molar-refractivity contribution in [1.29, 1.82) is 0 Å². The maximum atomic E-state index is 13.2. The van der Waals surface area contributed by atoms with Crippen molar-refractivity contribution in [3.05, 3.63) is 23.2 Å². The minimum Gasteiger partial charge on any atom is -0.337 e. The molecule has 24 heavy (non-hydrogen) atoms. The van der Waals surface area contributed by atoms with Crippen LogP contribution in [0.15, 0.2) is 12.3 Å². The van der Waals surface area contributed by atoms with Crippen molar-refractivity contribution in [2.75, 3.05) is 13.1 Å². The van der Waals surface area contributed by atoms with Gasteiger partial charge in [-0.2, -0.15) is 4.98 Å². The van der Waals surface area contributed by atoms with Crippen LogP contribution in [0.2, 0.25) is 5.28 Å². The van der Waals surface area contributed by atoms with E-state index in [9.17, 15) is 4.79 Å². The number of halogens is 1. The normalized spacial score (nSPS) is 20.2. The van der Waals surface area contributed by atoms with Crippen LogP contribution in [0.3, 0.4) is 0 Å². The maximum Gasteiger partial charge on any atom is 0.270 e. The van der Waals surface area contributed by atoms with E-state index in [4.69, 9.17) is 11.6 Å². The van der Waals surface area contributed by atoms with Crippen LogP contribution in [0.5, 0.6) is 0 Å². The summed E-state index contributed by atoms with van der Waals surface area (Å²) in [4.78, 5) is 23.7. The highest BCUT2D eigenvalue weighted by Gasteiger charge is 2.29. The average molecular weight is 347 g/mol. The van der Waals surface area contributed by atoms with E-state index in [1.165, 1.54) is 12.8 Å². The van der Waals surface area contributed by atoms with Gasteiger partial charge in [-0.05, 0) is 49.3 Å². The largest absolute Gasteiger partial charge is 0.337 e. The number of fused-ring (bicyclic) bond motifs is 1. The van der Waals surface area contributed by atoms with Crippen molar-refractivity contribution in [2.45, 2.75) is 51.5 Å². The first kappa shape index (κ1) is 15.9. The van der Waals surface area contributed by atoms with Crippen molar-refractivity contribution in [3.8, 4) is 0 Å². The molecule has 0 atom stereocenters. The van der Waals surface area contributed by atoms with Crippen LogP contribution in [0.4, 0.5) is 0 Å². The molecule has 4 rings (SSSR count). The van der Waals surface area contributed by atoms with Gasteiger partial charge in [-0.15, -0.1) is 0 Å². The molecule has 3 heterocycles. The van der Waals surface area contributed by atoms with E-state index in [1.54, 1.807) is 6.20 Å². The van der Waals surface area contributed by atoms with Crippen molar-refractivity contribution in [3.63, 3.8) is 0 Å². The standard InChI is InChI=1S/C18H23ClN4O/c1-12-6-8-22(9-7-12)17(24)15-10-13-11-20-18(19)21-16(13)23(15)14-4-2-3-5-14/h10-12,14H,2-9H2,1H3. The van der Waals surface area contributed by atoms with E-state index in [-0.39, 0.29) is 11.2 Å². The molecule has 5 nitrogen and oxygen atoms in total. The van der Waals surface area contributed by atoms with E-state index in [0.717, 1.165) is 55.5 Å². The molecule has 6 heteroatoms. The van der Waals surface area contributed by atoms with Gasteiger partial charge in [0.15, 0.2) is 0 Å². The summed E-state index contributed by atoms with van der Waals surface area (Å²) in [5.41, 5.74) is 1.55. The van der Waals surface area contributed by atoms with Gasteiger partial charge in [0.25, 0.3) is 5.91 Å². The number of carbonyl (C=O) groups is 1. The van der Waals surface area contributed by atoms with Crippen LogP contribution in [0.25, 0.3) is 11.0 Å². The first-order valence-corrected chi connectivity index (χ1v) is 9.34. The fourth-order valence-corrected chi connectivity index (χ4v) is 4.19. The molecule has 1 saturated heterocycles. The molecular weight excluding hydrogens is 324 g/mol. The molecule has 1 amide bonds. The van der Waals surface area contributed by atoms with E-state index in [1.807, 2.05) is 11.0 Å². The molecular formula is C18H23ClN4O. The van der Waals surface area contributed by atoms with Gasteiger partial charge in [-0.3, -0.25) is 4.79 Å². The number of aromatic nitrogens is 3. The number of hydrogen-bond donors (Lipinski definition) is 0. The Morgan fingerprint density at radius 3 is 2.62 bits per heavy atom. The Morgan fingerprint density at radius 1 is 1.21 bits per heavy atom. The molecule has 0 radical (unpaired) electrons. The van der Waals surface area contributed by atoms with E-state index < -0.39 is 0 Å². The Kier molecular flexibility index (Phi) is 4.21. The minimum absolute atomic E-state index is 0.128. The Morgan fingerprint density at radius 2 is 1.92 bits per heavy atom. The third-order valence-corrected chi connectivity index (χ3v) is 5.71. The molecule has 1 aliphatic heterocycles. The lowest BCUT2D eigenvalue weighted by molar-refractivity contribution is 0.0684. The first-order chi connectivity index (χ1) is 11.6. The monoisotopic (exact) mass is 346 g/mol. The topological polar surface area (TPSA) is 51.0 Å². The van der Waals surface area contributed by atoms with E-state index in [2.05, 4.69) is 21.5 Å². The second-order valence-electron chi connectivity index (χ2n) is 7.23. The number of nitrogens with zero attached hydrogens (tertiary/aromatic N) is 4. The molecule has 2 aromatic heterocycles. The summed E-state index contributed by atoms with van der Waals surface area (Å²) in [6, 6.07) is 2.29. The molecule has 0 aromatic carbocycles. The van der Waals surface area contributed by atoms with Crippen molar-refractivity contribution >= 4 is 28.5 Å². The van der Waals surface area contributed by atoms with Gasteiger partial charge in [0.05, 0.1) is 0 Å². The summed E-state index contributed by atoms with van der Waals surface area (Å²) in [5.74, 6) is 0.835. The summed E-state index contributed by atoms with van der Waals surface area (Å²) < 4.78 is 2.14. The van der Waals surface area contributed by atoms with E-state index in [0.29, 0.717) is 12.0 Å². The zero-order valence-electron chi connectivity index (χ0n) is 14.0. The SMILES string of the molecule is CC1CCN(C(=O)c2cc3cnc(Cl)nc3n2C2CCCC2)CC1. The number of likely N-dealkylation sites (tertiary alicyclic amines) is 1. The number of amides is 1. The third kappa shape index (κ3) is 2.79. The van der Waals surface area contributed by atoms with Crippen LogP contribution in [0.1, 0.15) is 62.0 Å². The molecule has 1 saturated carbocycles. The van der Waals surface area contributed by atoms with Gasteiger partial charge in [-0.25, -0.2) is 4.98 Å². The Bertz CT molecular complexity index is 758. The van der Waals surface area contributed by atoms with Crippen LogP contribution in [0, 0.1) is 5.92 Å². The molecule has 1 aliphatic carbocycles. The van der Waals surface area contributed by atoms with Crippen molar-refractivity contribution in [1.82, 2.24) is 19.4 Å². The van der Waals surface area contributed by atoms with Crippen molar-refractivity contribution < 1.29 is 4.79 Å². The van der Waals surface area contributed by atoms with Crippen LogP contribution in [-0.4, -0.2) is 38.4 Å². The van der Waals surface area contributed by atoms with Gasteiger partial charge in [-0.1, -0.05) is 19.8 Å². The highest BCUT2D eigenvalue weighted by Crippen LogP contribution is 2.35. The fraction of sp³-hybridized carbons (Fsp3) is 0.611. The maximum absolute atomic E-state index is 13.2. The van der Waals surface area contributed by atoms with Crippen LogP contribution in [-0.2, 0) is 0 Å². The number of rotatable bonds is 2. The van der Waals surface area contributed by atoms with Gasteiger partial charge in [0.1, 0.15) is 11.3 Å². The molecule has 0 N–H and O–H groups in total. The molecule has 2 fully saturated rings. The zero-order chi connectivity index (χ0) is 16.7. The van der Waals surface area contributed by atoms with Crippen molar-refractivity contribution in [2.24, 2.45) is 5.92 Å². The van der Waals surface area contributed by atoms with Gasteiger partial charge in [0.2, 0.25) is 5.28 Å². The second-order valence-corrected chi connectivity index (χ2v) is 7.57. The molecule has 0 unspecified atom stereocenters. The average Bonchev–Trinajstić information content (AvgIpc) is 3.21. The van der Waals surface area contributed by atoms with Crippen LogP contribution >= 0.6 is 11.6 Å². The lowest BCUT2D eigenvalue weighted by Crippen LogP contribution is -2.39.